The standard InChI is InChI=1S/C27H16F3NO3/c28-27(29,30)20-8-4-7-19(16-20)24-13-14-25(33-24)23(32)12-10-17-9-11-22-21(15-17)26(34-31-22)18-5-2-1-3-6-18/h1-16H. The van der Waals surface area contributed by atoms with Gasteiger partial charge >= 0.3 is 6.18 Å². The van der Waals surface area contributed by atoms with Crippen LogP contribution >= 0.6 is 0 Å². The maximum Gasteiger partial charge on any atom is 0.416 e. The van der Waals surface area contributed by atoms with Gasteiger partial charge in [-0.25, -0.2) is 0 Å². The van der Waals surface area contributed by atoms with E-state index in [0.717, 1.165) is 28.6 Å². The van der Waals surface area contributed by atoms with Gasteiger partial charge in [0, 0.05) is 11.1 Å². The quantitative estimate of drug-likeness (QED) is 0.200. The van der Waals surface area contributed by atoms with Crippen molar-refractivity contribution in [3.63, 3.8) is 0 Å². The van der Waals surface area contributed by atoms with Gasteiger partial charge in [0.15, 0.2) is 11.5 Å². The Morgan fingerprint density at radius 1 is 0.853 bits per heavy atom. The van der Waals surface area contributed by atoms with Gasteiger partial charge in [0.1, 0.15) is 11.3 Å². The van der Waals surface area contributed by atoms with Crippen molar-refractivity contribution in [2.75, 3.05) is 0 Å². The number of halogens is 3. The van der Waals surface area contributed by atoms with Gasteiger partial charge in [-0.15, -0.1) is 0 Å². The highest BCUT2D eigenvalue weighted by molar-refractivity contribution is 6.05. The van der Waals surface area contributed by atoms with E-state index in [1.54, 1.807) is 18.2 Å². The summed E-state index contributed by atoms with van der Waals surface area (Å²) in [6.45, 7) is 0. The Bertz CT molecular complexity index is 1510. The average Bonchev–Trinajstić information content (AvgIpc) is 3.50. The first-order valence-corrected chi connectivity index (χ1v) is 10.3. The van der Waals surface area contributed by atoms with Crippen LogP contribution in [0.25, 0.3) is 39.6 Å². The molecular weight excluding hydrogens is 443 g/mol. The first kappa shape index (κ1) is 21.5. The third-order valence-corrected chi connectivity index (χ3v) is 5.29. The van der Waals surface area contributed by atoms with E-state index in [9.17, 15) is 18.0 Å². The van der Waals surface area contributed by atoms with E-state index in [-0.39, 0.29) is 17.1 Å². The van der Waals surface area contributed by atoms with E-state index in [4.69, 9.17) is 8.94 Å². The van der Waals surface area contributed by atoms with Crippen LogP contribution in [-0.2, 0) is 6.18 Å². The van der Waals surface area contributed by atoms with E-state index in [1.165, 1.54) is 30.3 Å². The Morgan fingerprint density at radius 3 is 2.44 bits per heavy atom. The maximum atomic E-state index is 13.0. The van der Waals surface area contributed by atoms with Gasteiger partial charge in [-0.2, -0.15) is 13.2 Å². The lowest BCUT2D eigenvalue weighted by Gasteiger charge is -2.07. The lowest BCUT2D eigenvalue weighted by Crippen LogP contribution is -2.04. The van der Waals surface area contributed by atoms with Gasteiger partial charge in [-0.05, 0) is 48.0 Å². The van der Waals surface area contributed by atoms with Crippen molar-refractivity contribution in [2.24, 2.45) is 0 Å². The number of rotatable bonds is 5. The topological polar surface area (TPSA) is 56.2 Å². The molecule has 0 saturated heterocycles. The van der Waals surface area contributed by atoms with Crippen LogP contribution in [0.3, 0.4) is 0 Å². The first-order valence-electron chi connectivity index (χ1n) is 10.3. The molecule has 0 N–H and O–H groups in total. The second-order valence-electron chi connectivity index (χ2n) is 7.59. The van der Waals surface area contributed by atoms with Crippen LogP contribution in [-0.4, -0.2) is 10.9 Å². The lowest BCUT2D eigenvalue weighted by molar-refractivity contribution is -0.137. The van der Waals surface area contributed by atoms with Gasteiger partial charge < -0.3 is 8.94 Å². The summed E-state index contributed by atoms with van der Waals surface area (Å²) in [7, 11) is 0. The molecule has 0 aliphatic rings. The Morgan fingerprint density at radius 2 is 1.65 bits per heavy atom. The summed E-state index contributed by atoms with van der Waals surface area (Å²) in [5.41, 5.74) is 1.79. The number of carbonyl (C=O) groups is 1. The second-order valence-corrected chi connectivity index (χ2v) is 7.59. The molecule has 7 heteroatoms. The minimum atomic E-state index is -4.46. The van der Waals surface area contributed by atoms with Crippen molar-refractivity contribution in [2.45, 2.75) is 6.18 Å². The Labute approximate surface area is 191 Å². The predicted octanol–water partition coefficient (Wildman–Crippen LogP) is 7.67. The van der Waals surface area contributed by atoms with Gasteiger partial charge in [-0.1, -0.05) is 59.8 Å². The van der Waals surface area contributed by atoms with Gasteiger partial charge in [-0.3, -0.25) is 4.79 Å². The zero-order valence-corrected chi connectivity index (χ0v) is 17.5. The smallest absolute Gasteiger partial charge is 0.416 e. The predicted molar refractivity (Wildman–Crippen MR) is 122 cm³/mol. The summed E-state index contributed by atoms with van der Waals surface area (Å²) >= 11 is 0. The molecule has 0 fully saturated rings. The van der Waals surface area contributed by atoms with Crippen LogP contribution in [0.1, 0.15) is 21.7 Å². The Kier molecular flexibility index (Phi) is 5.37. The normalized spacial score (nSPS) is 12.0. The summed E-state index contributed by atoms with van der Waals surface area (Å²) in [5.74, 6) is 0.432. The number of ketones is 1. The van der Waals surface area contributed by atoms with E-state index >= 15 is 0 Å². The van der Waals surface area contributed by atoms with Crippen LogP contribution in [0.5, 0.6) is 0 Å². The largest absolute Gasteiger partial charge is 0.453 e. The molecule has 2 heterocycles. The van der Waals surface area contributed by atoms with Crippen molar-refractivity contribution in [1.29, 1.82) is 0 Å². The summed E-state index contributed by atoms with van der Waals surface area (Å²) in [6.07, 6.45) is -1.47. The van der Waals surface area contributed by atoms with Gasteiger partial charge in [0.2, 0.25) is 5.78 Å². The molecule has 168 valence electrons. The summed E-state index contributed by atoms with van der Waals surface area (Å²) in [6, 6.07) is 22.7. The fraction of sp³-hybridized carbons (Fsp3) is 0.0370. The molecule has 5 rings (SSSR count). The molecule has 4 nitrogen and oxygen atoms in total. The Balaban J connectivity index is 1.38. The number of hydrogen-bond acceptors (Lipinski definition) is 4. The SMILES string of the molecule is O=C(C=Cc1ccc2noc(-c3ccccc3)c2c1)c1ccc(-c2cccc(C(F)(F)F)c2)o1. The zero-order chi connectivity index (χ0) is 23.7. The van der Waals surface area contributed by atoms with Crippen LogP contribution in [0.15, 0.2) is 99.9 Å². The minimum Gasteiger partial charge on any atom is -0.453 e. The van der Waals surface area contributed by atoms with Crippen LogP contribution < -0.4 is 0 Å². The molecule has 3 aromatic carbocycles. The lowest BCUT2D eigenvalue weighted by atomic mass is 10.1. The molecule has 0 aliphatic carbocycles. The summed E-state index contributed by atoms with van der Waals surface area (Å²) in [5, 5.41) is 4.89. The number of nitrogens with zero attached hydrogens (tertiary/aromatic N) is 1. The highest BCUT2D eigenvalue weighted by Gasteiger charge is 2.30. The van der Waals surface area contributed by atoms with Gasteiger partial charge in [0.25, 0.3) is 0 Å². The zero-order valence-electron chi connectivity index (χ0n) is 17.5. The number of carbonyl (C=O) groups excluding carboxylic acids is 1. The third-order valence-electron chi connectivity index (χ3n) is 5.29. The average molecular weight is 459 g/mol. The summed E-state index contributed by atoms with van der Waals surface area (Å²) < 4.78 is 49.9. The van der Waals surface area contributed by atoms with Gasteiger partial charge in [0.05, 0.1) is 10.9 Å². The second kappa shape index (κ2) is 8.51. The monoisotopic (exact) mass is 459 g/mol. The molecule has 0 amide bonds. The van der Waals surface area contributed by atoms with Crippen LogP contribution in [0, 0.1) is 0 Å². The van der Waals surface area contributed by atoms with Crippen molar-refractivity contribution in [3.8, 4) is 22.6 Å². The number of alkyl halides is 3. The number of aromatic nitrogens is 1. The minimum absolute atomic E-state index is 0.0275. The van der Waals surface area contributed by atoms with Crippen molar-refractivity contribution >= 4 is 22.8 Å². The van der Waals surface area contributed by atoms with Crippen molar-refractivity contribution in [1.82, 2.24) is 5.16 Å². The molecule has 0 saturated carbocycles. The molecular formula is C27H16F3NO3. The van der Waals surface area contributed by atoms with E-state index in [2.05, 4.69) is 5.16 Å². The fourth-order valence-corrected chi connectivity index (χ4v) is 3.59. The Hall–Kier alpha value is -4.39. The number of fused-ring (bicyclic) bond motifs is 1. The molecule has 0 bridgehead atoms. The van der Waals surface area contributed by atoms with E-state index in [0.29, 0.717) is 11.3 Å². The molecule has 5 aromatic rings. The van der Waals surface area contributed by atoms with Crippen LogP contribution in [0.2, 0.25) is 0 Å². The molecule has 2 aromatic heterocycles. The molecule has 0 aliphatic heterocycles. The molecule has 0 atom stereocenters. The number of furan rings is 1. The highest BCUT2D eigenvalue weighted by atomic mass is 19.4. The fourth-order valence-electron chi connectivity index (χ4n) is 3.59. The maximum absolute atomic E-state index is 13.0. The summed E-state index contributed by atoms with van der Waals surface area (Å²) in [4.78, 5) is 12.6. The molecule has 34 heavy (non-hydrogen) atoms. The highest BCUT2D eigenvalue weighted by Crippen LogP contribution is 2.33. The molecule has 0 radical (unpaired) electrons. The molecule has 0 unspecified atom stereocenters. The van der Waals surface area contributed by atoms with Crippen molar-refractivity contribution in [3.05, 3.63) is 108 Å². The number of benzene rings is 3. The molecule has 0 spiro atoms. The van der Waals surface area contributed by atoms with Crippen LogP contribution in [0.4, 0.5) is 13.2 Å². The van der Waals surface area contributed by atoms with Crippen molar-refractivity contribution < 1.29 is 26.9 Å². The number of hydrogen-bond donors (Lipinski definition) is 0. The van der Waals surface area contributed by atoms with E-state index in [1.807, 2.05) is 36.4 Å². The third kappa shape index (κ3) is 4.28. The first-order chi connectivity index (χ1) is 16.4. The van der Waals surface area contributed by atoms with E-state index < -0.39 is 17.5 Å². The number of allylic oxidation sites excluding steroid dienone is 1.